The number of methoxy groups -OCH3 is 2. The number of benzene rings is 2. The van der Waals surface area contributed by atoms with Crippen LogP contribution in [0.4, 0.5) is 0 Å². The van der Waals surface area contributed by atoms with Gasteiger partial charge in [0, 0.05) is 30.8 Å². The average Bonchev–Trinajstić information content (AvgIpc) is 3.04. The van der Waals surface area contributed by atoms with E-state index in [1.807, 2.05) is 57.4 Å². The molecule has 242 valence electrons. The number of aryl methyl sites for hydroxylation is 1. The number of esters is 1. The number of carbonyl (C=O) groups excluding carboxylic acids is 2. The molecule has 0 aliphatic heterocycles. The van der Waals surface area contributed by atoms with Gasteiger partial charge in [0.25, 0.3) is 5.91 Å². The third-order valence-corrected chi connectivity index (χ3v) is 8.29. The number of ether oxygens (including phenoxy) is 4. The summed E-state index contributed by atoms with van der Waals surface area (Å²) in [6.07, 6.45) is 4.08. The quantitative estimate of drug-likeness (QED) is 0.165. The molecule has 1 aliphatic carbocycles. The largest absolute Gasteiger partial charge is 0.492 e. The van der Waals surface area contributed by atoms with Gasteiger partial charge in [-0.2, -0.15) is 0 Å². The summed E-state index contributed by atoms with van der Waals surface area (Å²) in [7, 11) is 7.06. The second kappa shape index (κ2) is 16.6. The Labute approximate surface area is 271 Å². The van der Waals surface area contributed by atoms with Gasteiger partial charge in [-0.3, -0.25) is 9.59 Å². The number of hydrogen-bond acceptors (Lipinski definition) is 8. The van der Waals surface area contributed by atoms with Gasteiger partial charge in [0.05, 0.1) is 37.0 Å². The van der Waals surface area contributed by atoms with E-state index < -0.39 is 0 Å². The van der Waals surface area contributed by atoms with Crippen molar-refractivity contribution in [1.29, 1.82) is 0 Å². The lowest BCUT2D eigenvalue weighted by molar-refractivity contribution is -0.147. The topological polar surface area (TPSA) is 99.2 Å². The predicted molar refractivity (Wildman–Crippen MR) is 176 cm³/mol. The molecule has 1 aliphatic rings. The Balaban J connectivity index is 1.73. The Morgan fingerprint density at radius 1 is 0.956 bits per heavy atom. The molecule has 10 heteroatoms. The fourth-order valence-electron chi connectivity index (χ4n) is 5.55. The summed E-state index contributed by atoms with van der Waals surface area (Å²) >= 11 is 6.55. The molecular formula is C35H44ClN3O6. The van der Waals surface area contributed by atoms with Crippen LogP contribution in [0.25, 0.3) is 22.4 Å². The van der Waals surface area contributed by atoms with Crippen LogP contribution < -0.4 is 14.8 Å². The average molecular weight is 638 g/mol. The van der Waals surface area contributed by atoms with Gasteiger partial charge < -0.3 is 29.2 Å². The lowest BCUT2D eigenvalue weighted by Gasteiger charge is -2.30. The van der Waals surface area contributed by atoms with Crippen LogP contribution in [0.1, 0.15) is 48.2 Å². The number of aromatic nitrogens is 1. The molecule has 3 aromatic rings. The second-order valence-corrected chi connectivity index (χ2v) is 12.0. The van der Waals surface area contributed by atoms with Crippen LogP contribution >= 0.6 is 11.6 Å². The van der Waals surface area contributed by atoms with E-state index in [4.69, 9.17) is 35.5 Å². The Morgan fingerprint density at radius 3 is 2.51 bits per heavy atom. The van der Waals surface area contributed by atoms with E-state index in [2.05, 4.69) is 10.2 Å². The molecule has 1 saturated carbocycles. The Hall–Kier alpha value is -3.66. The summed E-state index contributed by atoms with van der Waals surface area (Å²) in [5.74, 6) is 0.232. The molecule has 1 aromatic heterocycles. The van der Waals surface area contributed by atoms with E-state index in [1.165, 1.54) is 7.11 Å². The predicted octanol–water partition coefficient (Wildman–Crippen LogP) is 6.19. The Bertz CT molecular complexity index is 1460. The Morgan fingerprint density at radius 2 is 1.76 bits per heavy atom. The minimum absolute atomic E-state index is 0.247. The molecule has 0 bridgehead atoms. The highest BCUT2D eigenvalue weighted by molar-refractivity contribution is 6.32. The van der Waals surface area contributed by atoms with Crippen LogP contribution in [-0.4, -0.2) is 82.5 Å². The number of nitrogens with one attached hydrogen (secondary N) is 1. The molecule has 9 nitrogen and oxygen atoms in total. The van der Waals surface area contributed by atoms with E-state index in [-0.39, 0.29) is 29.5 Å². The first-order valence-electron chi connectivity index (χ1n) is 15.4. The number of amides is 1. The molecule has 1 amide bonds. The number of nitrogens with zero attached hydrogens (tertiary/aromatic N) is 2. The first kappa shape index (κ1) is 34.2. The van der Waals surface area contributed by atoms with Crippen molar-refractivity contribution >= 4 is 23.5 Å². The molecule has 2 aromatic carbocycles. The first-order chi connectivity index (χ1) is 21.7. The number of carbonyl (C=O) groups is 2. The Kier molecular flexibility index (Phi) is 12.6. The van der Waals surface area contributed by atoms with Gasteiger partial charge >= 0.3 is 5.97 Å². The van der Waals surface area contributed by atoms with Crippen molar-refractivity contribution in [3.8, 4) is 33.9 Å². The smallest absolute Gasteiger partial charge is 0.310 e. The van der Waals surface area contributed by atoms with Gasteiger partial charge in [-0.1, -0.05) is 36.6 Å². The van der Waals surface area contributed by atoms with Crippen molar-refractivity contribution in [3.05, 3.63) is 64.8 Å². The van der Waals surface area contributed by atoms with Crippen molar-refractivity contribution in [2.75, 3.05) is 54.7 Å². The van der Waals surface area contributed by atoms with Gasteiger partial charge in [0.2, 0.25) is 0 Å². The minimum atomic E-state index is -0.376. The summed E-state index contributed by atoms with van der Waals surface area (Å²) in [6.45, 7) is 4.31. The molecule has 45 heavy (non-hydrogen) atoms. The molecule has 1 heterocycles. The molecular weight excluding hydrogens is 594 g/mol. The lowest BCUT2D eigenvalue weighted by atomic mass is 9.84. The van der Waals surface area contributed by atoms with Gasteiger partial charge in [-0.15, -0.1) is 0 Å². The normalized spacial score (nSPS) is 16.3. The van der Waals surface area contributed by atoms with E-state index in [0.717, 1.165) is 48.1 Å². The number of pyridine rings is 1. The standard InChI is InChI=1S/C35H44ClN3O6/c1-23-11-13-25(44-20-19-42-4)22-28(23)26-14-16-31(34(40)38-30-10-7-6-9-27(30)35(41)43-5)37-33(26)24-12-15-29(36)32(21-24)45-18-8-17-39(2)3/h11-16,21-22,27,30H,6-10,17-20H2,1-5H3,(H,38,40). The van der Waals surface area contributed by atoms with Crippen LogP contribution in [0.15, 0.2) is 48.5 Å². The highest BCUT2D eigenvalue weighted by Crippen LogP contribution is 2.38. The maximum atomic E-state index is 13.6. The second-order valence-electron chi connectivity index (χ2n) is 11.6. The summed E-state index contributed by atoms with van der Waals surface area (Å²) in [5, 5.41) is 3.56. The summed E-state index contributed by atoms with van der Waals surface area (Å²) in [6, 6.07) is 14.7. The highest BCUT2D eigenvalue weighted by atomic mass is 35.5. The monoisotopic (exact) mass is 637 g/mol. The van der Waals surface area contributed by atoms with Crippen molar-refractivity contribution in [2.24, 2.45) is 5.92 Å². The van der Waals surface area contributed by atoms with Crippen LogP contribution in [0.3, 0.4) is 0 Å². The molecule has 1 N–H and O–H groups in total. The maximum Gasteiger partial charge on any atom is 0.310 e. The third-order valence-electron chi connectivity index (χ3n) is 7.98. The van der Waals surface area contributed by atoms with Crippen molar-refractivity contribution in [2.45, 2.75) is 45.1 Å². The summed E-state index contributed by atoms with van der Waals surface area (Å²) in [5.41, 5.74) is 4.36. The van der Waals surface area contributed by atoms with Crippen LogP contribution in [-0.2, 0) is 14.3 Å². The van der Waals surface area contributed by atoms with Crippen LogP contribution in [0.2, 0.25) is 5.02 Å². The summed E-state index contributed by atoms with van der Waals surface area (Å²) in [4.78, 5) is 33.1. The van der Waals surface area contributed by atoms with Crippen LogP contribution in [0, 0.1) is 12.8 Å². The zero-order valence-corrected chi connectivity index (χ0v) is 27.6. The molecule has 0 spiro atoms. The molecule has 0 radical (unpaired) electrons. The molecule has 1 fully saturated rings. The first-order valence-corrected chi connectivity index (χ1v) is 15.8. The third kappa shape index (κ3) is 9.19. The fraction of sp³-hybridized carbons (Fsp3) is 0.457. The number of halogens is 1. The van der Waals surface area contributed by atoms with E-state index >= 15 is 0 Å². The van der Waals surface area contributed by atoms with E-state index in [0.29, 0.717) is 54.9 Å². The zero-order chi connectivity index (χ0) is 32.3. The number of hydrogen-bond donors (Lipinski definition) is 1. The summed E-state index contributed by atoms with van der Waals surface area (Å²) < 4.78 is 22.1. The van der Waals surface area contributed by atoms with E-state index in [1.54, 1.807) is 19.2 Å². The van der Waals surface area contributed by atoms with Gasteiger partial charge in [-0.05, 0) is 87.8 Å². The lowest BCUT2D eigenvalue weighted by Crippen LogP contribution is -2.45. The van der Waals surface area contributed by atoms with Crippen molar-refractivity contribution in [3.63, 3.8) is 0 Å². The van der Waals surface area contributed by atoms with Gasteiger partial charge in [0.15, 0.2) is 0 Å². The molecule has 4 rings (SSSR count). The molecule has 2 unspecified atom stereocenters. The van der Waals surface area contributed by atoms with Gasteiger partial charge in [0.1, 0.15) is 23.8 Å². The molecule has 0 saturated heterocycles. The molecule has 2 atom stereocenters. The van der Waals surface area contributed by atoms with Crippen molar-refractivity contribution < 1.29 is 28.5 Å². The fourth-order valence-corrected chi connectivity index (χ4v) is 5.72. The van der Waals surface area contributed by atoms with Gasteiger partial charge in [-0.25, -0.2) is 4.98 Å². The van der Waals surface area contributed by atoms with Crippen LogP contribution in [0.5, 0.6) is 11.5 Å². The maximum absolute atomic E-state index is 13.6. The van der Waals surface area contributed by atoms with E-state index in [9.17, 15) is 9.59 Å². The zero-order valence-electron chi connectivity index (χ0n) is 26.9. The highest BCUT2D eigenvalue weighted by Gasteiger charge is 2.33. The number of rotatable bonds is 14. The SMILES string of the molecule is COCCOc1ccc(C)c(-c2ccc(C(=O)NC3CCCCC3C(=O)OC)nc2-c2ccc(Cl)c(OCCCN(C)C)c2)c1. The minimum Gasteiger partial charge on any atom is -0.492 e. The van der Waals surface area contributed by atoms with Crippen molar-refractivity contribution in [1.82, 2.24) is 15.2 Å².